The Hall–Kier alpha value is -3.68. The zero-order valence-electron chi connectivity index (χ0n) is 17.0. The van der Waals surface area contributed by atoms with E-state index in [1.807, 2.05) is 37.4 Å². The molecule has 2 aromatic rings. The highest BCUT2D eigenvalue weighted by Gasteiger charge is 2.54. The lowest BCUT2D eigenvalue weighted by atomic mass is 9.81. The lowest BCUT2D eigenvalue weighted by Gasteiger charge is -2.28. The van der Waals surface area contributed by atoms with E-state index in [4.69, 9.17) is 0 Å². The topological polar surface area (TPSA) is 105 Å². The lowest BCUT2D eigenvalue weighted by Crippen LogP contribution is -2.46. The van der Waals surface area contributed by atoms with Crippen molar-refractivity contribution in [3.05, 3.63) is 70.8 Å². The third kappa shape index (κ3) is 3.76. The van der Waals surface area contributed by atoms with E-state index in [0.717, 1.165) is 16.0 Å². The number of imide groups is 2. The summed E-state index contributed by atoms with van der Waals surface area (Å²) in [4.78, 5) is 50.7. The summed E-state index contributed by atoms with van der Waals surface area (Å²) >= 11 is 0. The maximum Gasteiger partial charge on any atom is 0.413 e. The summed E-state index contributed by atoms with van der Waals surface area (Å²) in [6.45, 7) is 4.95. The van der Waals surface area contributed by atoms with Crippen LogP contribution >= 0.6 is 0 Å². The van der Waals surface area contributed by atoms with Gasteiger partial charge in [-0.3, -0.25) is 19.8 Å². The summed E-state index contributed by atoms with van der Waals surface area (Å²) in [5.74, 6) is -1.41. The lowest BCUT2D eigenvalue weighted by molar-refractivity contribution is -0.134. The van der Waals surface area contributed by atoms with Gasteiger partial charge < -0.3 is 10.1 Å². The molecule has 2 aromatic carbocycles. The van der Waals surface area contributed by atoms with Crippen molar-refractivity contribution in [2.45, 2.75) is 26.3 Å². The zero-order chi connectivity index (χ0) is 21.9. The standard InChI is InChI=1S/C22H23N3O5/c1-4-30-21(29)23-18(26)13-25-19(27)22(24-20(25)28,16-8-6-5-7-9-16)17-11-10-14(2)15(3)12-17/h5-12H,4,13H2,1-3H3,(H,24,28)(H,23,26,29)/t22-/m0/s1. The van der Waals surface area contributed by atoms with E-state index in [2.05, 4.69) is 10.1 Å². The molecule has 0 bridgehead atoms. The highest BCUT2D eigenvalue weighted by Crippen LogP contribution is 2.36. The number of urea groups is 1. The molecule has 30 heavy (non-hydrogen) atoms. The van der Waals surface area contributed by atoms with Crippen LogP contribution in [0.15, 0.2) is 48.5 Å². The normalized spacial score (nSPS) is 18.2. The molecule has 5 amide bonds. The molecule has 0 unspecified atom stereocenters. The number of carbonyl (C=O) groups is 4. The molecule has 0 radical (unpaired) electrons. The van der Waals surface area contributed by atoms with Crippen molar-refractivity contribution in [1.82, 2.24) is 15.5 Å². The monoisotopic (exact) mass is 409 g/mol. The molecule has 1 saturated heterocycles. The van der Waals surface area contributed by atoms with Gasteiger partial charge in [-0.15, -0.1) is 0 Å². The number of aryl methyl sites for hydroxylation is 2. The summed E-state index contributed by atoms with van der Waals surface area (Å²) in [6, 6.07) is 13.6. The number of nitrogens with one attached hydrogen (secondary N) is 2. The molecule has 0 aromatic heterocycles. The second-order valence-corrected chi connectivity index (χ2v) is 7.01. The van der Waals surface area contributed by atoms with Gasteiger partial charge in [0.2, 0.25) is 5.91 Å². The summed E-state index contributed by atoms with van der Waals surface area (Å²) in [7, 11) is 0. The van der Waals surface area contributed by atoms with Gasteiger partial charge in [0.25, 0.3) is 5.91 Å². The van der Waals surface area contributed by atoms with Crippen LogP contribution in [0.4, 0.5) is 9.59 Å². The number of amides is 5. The van der Waals surface area contributed by atoms with Crippen LogP contribution in [0.25, 0.3) is 0 Å². The Kier molecular flexibility index (Phi) is 5.86. The highest BCUT2D eigenvalue weighted by atomic mass is 16.5. The van der Waals surface area contributed by atoms with Crippen molar-refractivity contribution < 1.29 is 23.9 Å². The van der Waals surface area contributed by atoms with E-state index in [1.54, 1.807) is 37.3 Å². The first-order valence-electron chi connectivity index (χ1n) is 9.53. The number of benzene rings is 2. The summed E-state index contributed by atoms with van der Waals surface area (Å²) in [5.41, 5.74) is 1.69. The Bertz CT molecular complexity index is 1010. The number of carbonyl (C=O) groups excluding carboxylic acids is 4. The van der Waals surface area contributed by atoms with Crippen LogP contribution in [-0.2, 0) is 19.9 Å². The van der Waals surface area contributed by atoms with Gasteiger partial charge in [0.05, 0.1) is 6.61 Å². The first kappa shape index (κ1) is 21.0. The number of rotatable bonds is 5. The van der Waals surface area contributed by atoms with E-state index in [9.17, 15) is 19.2 Å². The molecular formula is C22H23N3O5. The van der Waals surface area contributed by atoms with Crippen molar-refractivity contribution in [2.24, 2.45) is 0 Å². The van der Waals surface area contributed by atoms with Crippen molar-refractivity contribution in [3.8, 4) is 0 Å². The molecule has 0 spiro atoms. The molecular weight excluding hydrogens is 386 g/mol. The number of alkyl carbamates (subject to hydrolysis) is 1. The SMILES string of the molecule is CCOC(=O)NC(=O)CN1C(=O)N[C@@](c2ccccc2)(c2ccc(C)c(C)c2)C1=O. The van der Waals surface area contributed by atoms with Gasteiger partial charge in [-0.25, -0.2) is 9.59 Å². The number of nitrogens with zero attached hydrogens (tertiary/aromatic N) is 1. The first-order chi connectivity index (χ1) is 14.3. The van der Waals surface area contributed by atoms with Gasteiger partial charge >= 0.3 is 12.1 Å². The number of hydrogen-bond donors (Lipinski definition) is 2. The molecule has 1 heterocycles. The van der Waals surface area contributed by atoms with Crippen molar-refractivity contribution in [2.75, 3.05) is 13.2 Å². The fourth-order valence-electron chi connectivity index (χ4n) is 3.40. The second kappa shape index (κ2) is 8.36. The van der Waals surface area contributed by atoms with Crippen LogP contribution in [0, 0.1) is 13.8 Å². The van der Waals surface area contributed by atoms with Crippen molar-refractivity contribution >= 4 is 23.9 Å². The predicted molar refractivity (Wildman–Crippen MR) is 109 cm³/mol. The van der Waals surface area contributed by atoms with E-state index < -0.39 is 36.0 Å². The quantitative estimate of drug-likeness (QED) is 0.738. The van der Waals surface area contributed by atoms with Crippen LogP contribution in [0.3, 0.4) is 0 Å². The van der Waals surface area contributed by atoms with Crippen LogP contribution in [0.2, 0.25) is 0 Å². The Balaban J connectivity index is 1.99. The molecule has 0 aliphatic carbocycles. The molecule has 8 nitrogen and oxygen atoms in total. The van der Waals surface area contributed by atoms with Crippen LogP contribution in [0.5, 0.6) is 0 Å². The molecule has 8 heteroatoms. The summed E-state index contributed by atoms with van der Waals surface area (Å²) in [6.07, 6.45) is -0.932. The molecule has 156 valence electrons. The Morgan fingerprint density at radius 1 is 1.03 bits per heavy atom. The molecule has 1 atom stereocenters. The Labute approximate surface area is 174 Å². The number of hydrogen-bond acceptors (Lipinski definition) is 5. The molecule has 3 rings (SSSR count). The van der Waals surface area contributed by atoms with Gasteiger partial charge in [0, 0.05) is 0 Å². The maximum absolute atomic E-state index is 13.5. The van der Waals surface area contributed by atoms with E-state index >= 15 is 0 Å². The highest BCUT2D eigenvalue weighted by molar-refractivity contribution is 6.11. The third-order valence-corrected chi connectivity index (χ3v) is 5.07. The molecule has 1 aliphatic rings. The largest absolute Gasteiger partial charge is 0.450 e. The van der Waals surface area contributed by atoms with Gasteiger partial charge in [-0.2, -0.15) is 0 Å². The smallest absolute Gasteiger partial charge is 0.413 e. The average molecular weight is 409 g/mol. The molecule has 0 saturated carbocycles. The summed E-state index contributed by atoms with van der Waals surface area (Å²) < 4.78 is 4.66. The van der Waals surface area contributed by atoms with Gasteiger partial charge in [-0.1, -0.05) is 48.5 Å². The van der Waals surface area contributed by atoms with Crippen molar-refractivity contribution in [3.63, 3.8) is 0 Å². The van der Waals surface area contributed by atoms with E-state index in [0.29, 0.717) is 11.1 Å². The summed E-state index contributed by atoms with van der Waals surface area (Å²) in [5, 5.41) is 4.77. The Morgan fingerprint density at radius 2 is 1.73 bits per heavy atom. The zero-order valence-corrected chi connectivity index (χ0v) is 17.0. The van der Waals surface area contributed by atoms with E-state index in [-0.39, 0.29) is 6.61 Å². The van der Waals surface area contributed by atoms with Gasteiger partial charge in [0.1, 0.15) is 6.54 Å². The molecule has 2 N–H and O–H groups in total. The maximum atomic E-state index is 13.5. The minimum atomic E-state index is -1.47. The Morgan fingerprint density at radius 3 is 2.37 bits per heavy atom. The minimum Gasteiger partial charge on any atom is -0.450 e. The fraction of sp³-hybridized carbons (Fsp3) is 0.273. The third-order valence-electron chi connectivity index (χ3n) is 5.07. The minimum absolute atomic E-state index is 0.0894. The van der Waals surface area contributed by atoms with Gasteiger partial charge in [0.15, 0.2) is 5.54 Å². The van der Waals surface area contributed by atoms with Crippen molar-refractivity contribution in [1.29, 1.82) is 0 Å². The van der Waals surface area contributed by atoms with Crippen LogP contribution in [0.1, 0.15) is 29.2 Å². The predicted octanol–water partition coefficient (Wildman–Crippen LogP) is 2.37. The van der Waals surface area contributed by atoms with Gasteiger partial charge in [-0.05, 0) is 43.0 Å². The fourth-order valence-corrected chi connectivity index (χ4v) is 3.40. The molecule has 1 aliphatic heterocycles. The van der Waals surface area contributed by atoms with E-state index in [1.165, 1.54) is 0 Å². The van der Waals surface area contributed by atoms with Crippen LogP contribution in [-0.4, -0.2) is 42.0 Å². The van der Waals surface area contributed by atoms with Crippen LogP contribution < -0.4 is 10.6 Å². The average Bonchev–Trinajstić information content (AvgIpc) is 2.96. The number of ether oxygens (including phenoxy) is 1. The molecule has 1 fully saturated rings. The first-order valence-corrected chi connectivity index (χ1v) is 9.53. The second-order valence-electron chi connectivity index (χ2n) is 7.01.